The van der Waals surface area contributed by atoms with Gasteiger partial charge in [0.1, 0.15) is 0 Å². The summed E-state index contributed by atoms with van der Waals surface area (Å²) in [6.07, 6.45) is 0. The van der Waals surface area contributed by atoms with E-state index in [9.17, 15) is 8.78 Å². The second kappa shape index (κ2) is 9.15. The van der Waals surface area contributed by atoms with E-state index in [1.807, 2.05) is 60.7 Å². The summed E-state index contributed by atoms with van der Waals surface area (Å²) < 4.78 is 44.6. The third kappa shape index (κ3) is 4.31. The summed E-state index contributed by atoms with van der Waals surface area (Å²) in [5.74, 6) is -0.386. The molecule has 164 valence electrons. The van der Waals surface area contributed by atoms with Crippen molar-refractivity contribution >= 4 is 69.6 Å². The molecule has 9 heteroatoms. The van der Waals surface area contributed by atoms with Crippen molar-refractivity contribution in [2.24, 2.45) is 10.2 Å². The van der Waals surface area contributed by atoms with Crippen LogP contribution in [0, 0.1) is 11.6 Å². The molecule has 0 N–H and O–H groups in total. The molecule has 0 radical (unpaired) electrons. The number of benzene rings is 4. The van der Waals surface area contributed by atoms with Crippen molar-refractivity contribution < 1.29 is 14.9 Å². The van der Waals surface area contributed by atoms with E-state index in [-0.39, 0.29) is 20.3 Å². The van der Waals surface area contributed by atoms with Gasteiger partial charge in [-0.15, -0.1) is 0 Å². The summed E-state index contributed by atoms with van der Waals surface area (Å²) in [4.78, 5) is 0. The van der Waals surface area contributed by atoms with Gasteiger partial charge >= 0.3 is 212 Å². The van der Waals surface area contributed by atoms with Crippen LogP contribution in [0.2, 0.25) is 0 Å². The Morgan fingerprint density at radius 2 is 1.00 bits per heavy atom. The first-order chi connectivity index (χ1) is 16.0. The van der Waals surface area contributed by atoms with E-state index in [1.54, 1.807) is 0 Å². The first kappa shape index (κ1) is 22.5. The summed E-state index contributed by atoms with van der Waals surface area (Å²) >= 11 is 1.90. The topological polar surface area (TPSA) is 43.2 Å². The van der Waals surface area contributed by atoms with E-state index < -0.39 is 30.8 Å². The molecule has 0 saturated heterocycles. The van der Waals surface area contributed by atoms with Gasteiger partial charge in [-0.1, -0.05) is 0 Å². The van der Waals surface area contributed by atoms with Crippen LogP contribution in [0.4, 0.5) is 20.2 Å². The molecule has 0 spiro atoms. The van der Waals surface area contributed by atoms with Gasteiger partial charge in [0.15, 0.2) is 0 Å². The van der Waals surface area contributed by atoms with Crippen LogP contribution in [0.1, 0.15) is 0 Å². The van der Waals surface area contributed by atoms with Crippen molar-refractivity contribution in [3.63, 3.8) is 0 Å². The fraction of sp³-hybridized carbons (Fsp3) is 0. The summed E-state index contributed by atoms with van der Waals surface area (Å²) in [6.45, 7) is 0. The summed E-state index contributed by atoms with van der Waals surface area (Å²) in [5, 5.41) is 8.37. The second-order valence-corrected chi connectivity index (χ2v) is 16.9. The molecule has 1 aliphatic rings. The number of rotatable bonds is 2. The van der Waals surface area contributed by atoms with Crippen LogP contribution in [0.3, 0.4) is 0 Å². The molecule has 0 aliphatic carbocycles. The van der Waals surface area contributed by atoms with E-state index >= 15 is 0 Å². The van der Waals surface area contributed by atoms with Gasteiger partial charge in [0, 0.05) is 0 Å². The number of hydrogen-bond donors (Lipinski definition) is 0. The van der Waals surface area contributed by atoms with Crippen molar-refractivity contribution in [1.82, 2.24) is 0 Å². The van der Waals surface area contributed by atoms with Crippen molar-refractivity contribution in [2.45, 2.75) is 0 Å². The average molecular weight is 679 g/mol. The Balaban J connectivity index is 1.86. The SMILES string of the molecule is Fc1cc2c(cc1Br)[O][Sn]([c]1ccccc1)([c]1ccccc1)[O]c1cc(Br)c(F)cc1N=N2. The molecule has 0 atom stereocenters. The van der Waals surface area contributed by atoms with Gasteiger partial charge < -0.3 is 0 Å². The van der Waals surface area contributed by atoms with Gasteiger partial charge in [-0.05, 0) is 0 Å². The molecule has 4 aromatic rings. The van der Waals surface area contributed by atoms with Crippen LogP contribution < -0.4 is 13.3 Å². The van der Waals surface area contributed by atoms with E-state index in [1.165, 1.54) is 24.3 Å². The predicted octanol–water partition coefficient (Wildman–Crippen LogP) is 6.93. The van der Waals surface area contributed by atoms with Gasteiger partial charge in [-0.3, -0.25) is 0 Å². The number of fused-ring (bicyclic) bond motifs is 2. The normalized spacial score (nSPS) is 14.1. The molecular formula is C24H14Br2F2N2O2Sn. The van der Waals surface area contributed by atoms with Crippen molar-refractivity contribution in [1.29, 1.82) is 0 Å². The van der Waals surface area contributed by atoms with Gasteiger partial charge in [-0.2, -0.15) is 0 Å². The molecule has 4 nitrogen and oxygen atoms in total. The summed E-state index contributed by atoms with van der Waals surface area (Å²) in [6, 6.07) is 24.8. The molecule has 4 aromatic carbocycles. The van der Waals surface area contributed by atoms with Crippen molar-refractivity contribution in [3.05, 3.63) is 106 Å². The third-order valence-electron chi connectivity index (χ3n) is 5.08. The molecule has 0 unspecified atom stereocenters. The molecule has 0 saturated carbocycles. The van der Waals surface area contributed by atoms with Gasteiger partial charge in [0.2, 0.25) is 0 Å². The number of azo groups is 1. The zero-order valence-electron chi connectivity index (χ0n) is 16.8. The average Bonchev–Trinajstić information content (AvgIpc) is 2.89. The van der Waals surface area contributed by atoms with Crippen LogP contribution >= 0.6 is 31.9 Å². The Kier molecular flexibility index (Phi) is 6.24. The molecule has 0 bridgehead atoms. The second-order valence-electron chi connectivity index (χ2n) is 7.22. The van der Waals surface area contributed by atoms with Crippen molar-refractivity contribution in [2.75, 3.05) is 0 Å². The monoisotopic (exact) mass is 678 g/mol. The van der Waals surface area contributed by atoms with Crippen LogP contribution in [0.25, 0.3) is 0 Å². The quantitative estimate of drug-likeness (QED) is 0.216. The minimum absolute atomic E-state index is 0.184. The van der Waals surface area contributed by atoms with E-state index in [2.05, 4.69) is 42.1 Å². The molecule has 0 amide bonds. The molecule has 1 aliphatic heterocycles. The first-order valence-corrected chi connectivity index (χ1v) is 16.6. The molecule has 1 heterocycles. The summed E-state index contributed by atoms with van der Waals surface area (Å²) in [5.41, 5.74) is 0.367. The van der Waals surface area contributed by atoms with E-state index in [0.717, 1.165) is 7.16 Å². The fourth-order valence-corrected chi connectivity index (χ4v) is 12.9. The van der Waals surface area contributed by atoms with Crippen LogP contribution in [-0.4, -0.2) is 19.2 Å². The minimum atomic E-state index is -4.57. The Hall–Kier alpha value is -2.30. The Morgan fingerprint density at radius 1 is 0.606 bits per heavy atom. The summed E-state index contributed by atoms with van der Waals surface area (Å²) in [7, 11) is 0. The standard InChI is InChI=1S/C12H6Br2F2N2O2.2C6H5.Sn/c13-5-1-11(19)9(3-7(5)15)17-18-10-4-8(16)6(14)2-12(10)20;2*1-2-4-6-5-3-1;/h1-4,19-20H;2*1-5H;/q;;;+2/p-2. The zero-order valence-corrected chi connectivity index (χ0v) is 22.8. The zero-order chi connectivity index (χ0) is 23.0. The fourth-order valence-electron chi connectivity index (χ4n) is 3.51. The molecule has 33 heavy (non-hydrogen) atoms. The molecular weight excluding hydrogens is 665 g/mol. The maximum atomic E-state index is 14.4. The van der Waals surface area contributed by atoms with E-state index in [4.69, 9.17) is 6.15 Å². The molecule has 0 fully saturated rings. The van der Waals surface area contributed by atoms with Gasteiger partial charge in [0.25, 0.3) is 0 Å². The predicted molar refractivity (Wildman–Crippen MR) is 132 cm³/mol. The number of nitrogens with zero attached hydrogens (tertiary/aromatic N) is 2. The first-order valence-electron chi connectivity index (χ1n) is 9.85. The molecule has 0 aromatic heterocycles. The molecule has 5 rings (SSSR count). The third-order valence-corrected chi connectivity index (χ3v) is 15.4. The van der Waals surface area contributed by atoms with Gasteiger partial charge in [-0.25, -0.2) is 0 Å². The number of hydrogen-bond acceptors (Lipinski definition) is 4. The van der Waals surface area contributed by atoms with Crippen LogP contribution in [-0.2, 0) is 0 Å². The Bertz CT molecular complexity index is 1270. The van der Waals surface area contributed by atoms with Crippen LogP contribution in [0.15, 0.2) is 104 Å². The Morgan fingerprint density at radius 3 is 1.39 bits per heavy atom. The van der Waals surface area contributed by atoms with Crippen molar-refractivity contribution in [3.8, 4) is 11.5 Å². The maximum absolute atomic E-state index is 14.4. The van der Waals surface area contributed by atoms with Gasteiger partial charge in [0.05, 0.1) is 0 Å². The van der Waals surface area contributed by atoms with Crippen LogP contribution in [0.5, 0.6) is 11.5 Å². The Labute approximate surface area is 210 Å². The number of halogens is 4. The van der Waals surface area contributed by atoms with E-state index in [0.29, 0.717) is 11.5 Å².